The molecule has 1 aromatic heterocycles. The number of benzene rings is 1. The highest BCUT2D eigenvalue weighted by molar-refractivity contribution is 5.83. The van der Waals surface area contributed by atoms with Crippen LogP contribution in [0.4, 0.5) is 10.3 Å². The van der Waals surface area contributed by atoms with Crippen LogP contribution in [0.3, 0.4) is 0 Å². The van der Waals surface area contributed by atoms with Gasteiger partial charge in [0.1, 0.15) is 11.9 Å². The van der Waals surface area contributed by atoms with Gasteiger partial charge in [-0.1, -0.05) is 12.1 Å². The van der Waals surface area contributed by atoms with Crippen molar-refractivity contribution in [3.05, 3.63) is 42.0 Å². The quantitative estimate of drug-likeness (QED) is 0.787. The Morgan fingerprint density at radius 1 is 1.28 bits per heavy atom. The van der Waals surface area contributed by atoms with E-state index in [-0.39, 0.29) is 24.6 Å². The van der Waals surface area contributed by atoms with Crippen molar-refractivity contribution in [1.82, 2.24) is 14.9 Å². The van der Waals surface area contributed by atoms with Gasteiger partial charge in [0.15, 0.2) is 0 Å². The first kappa shape index (κ1) is 20.7. The van der Waals surface area contributed by atoms with Gasteiger partial charge in [-0.3, -0.25) is 9.59 Å². The second-order valence-electron chi connectivity index (χ2n) is 7.04. The summed E-state index contributed by atoms with van der Waals surface area (Å²) in [6.07, 6.45) is 1.30. The minimum atomic E-state index is -0.506. The number of ether oxygens (including phenoxy) is 1. The van der Waals surface area contributed by atoms with Crippen LogP contribution in [0.25, 0.3) is 11.1 Å². The average Bonchev–Trinajstić information content (AvgIpc) is 2.72. The predicted octanol–water partition coefficient (Wildman–Crippen LogP) is 1.51. The first-order valence-corrected chi connectivity index (χ1v) is 9.33. The number of halogens is 1. The van der Waals surface area contributed by atoms with Gasteiger partial charge in [-0.15, -0.1) is 0 Å². The third kappa shape index (κ3) is 5.05. The Morgan fingerprint density at radius 2 is 2.00 bits per heavy atom. The summed E-state index contributed by atoms with van der Waals surface area (Å²) in [6, 6.07) is 6.07. The van der Waals surface area contributed by atoms with Crippen molar-refractivity contribution in [2.24, 2.45) is 5.73 Å². The zero-order valence-electron chi connectivity index (χ0n) is 16.5. The number of amides is 2. The Hall–Kier alpha value is -3.07. The lowest BCUT2D eigenvalue weighted by Crippen LogP contribution is -2.42. The van der Waals surface area contributed by atoms with E-state index in [9.17, 15) is 14.0 Å². The van der Waals surface area contributed by atoms with Crippen molar-refractivity contribution in [2.45, 2.75) is 18.9 Å². The van der Waals surface area contributed by atoms with Gasteiger partial charge in [-0.25, -0.2) is 14.4 Å². The highest BCUT2D eigenvalue weighted by Crippen LogP contribution is 2.31. The number of primary amides is 1. The summed E-state index contributed by atoms with van der Waals surface area (Å²) in [5.74, 6) is -0.483. The fourth-order valence-electron chi connectivity index (χ4n) is 3.13. The largest absolute Gasteiger partial charge is 0.370 e. The molecular formula is C20H24FN5O3. The summed E-state index contributed by atoms with van der Waals surface area (Å²) in [5, 5.41) is 0. The zero-order valence-corrected chi connectivity index (χ0v) is 16.5. The van der Waals surface area contributed by atoms with Crippen molar-refractivity contribution in [3.63, 3.8) is 0 Å². The fourth-order valence-corrected chi connectivity index (χ4v) is 3.13. The van der Waals surface area contributed by atoms with E-state index in [1.807, 2.05) is 14.1 Å². The molecule has 3 rings (SSSR count). The van der Waals surface area contributed by atoms with E-state index in [1.54, 1.807) is 28.1 Å². The molecule has 8 nitrogen and oxygen atoms in total. The number of nitrogens with two attached hydrogens (primary N) is 1. The van der Waals surface area contributed by atoms with Crippen LogP contribution < -0.4 is 10.6 Å². The normalized spacial score (nSPS) is 16.5. The maximum atomic E-state index is 13.4. The number of carbonyl (C=O) groups is 2. The van der Waals surface area contributed by atoms with Gasteiger partial charge in [0.25, 0.3) is 0 Å². The summed E-state index contributed by atoms with van der Waals surface area (Å²) in [6.45, 7) is 1.08. The molecule has 1 aromatic carbocycles. The number of morpholine rings is 1. The molecule has 2 heterocycles. The average molecular weight is 401 g/mol. The number of rotatable bonds is 6. The summed E-state index contributed by atoms with van der Waals surface area (Å²) in [4.78, 5) is 35.9. The lowest BCUT2D eigenvalue weighted by Gasteiger charge is -2.33. The van der Waals surface area contributed by atoms with E-state index in [0.29, 0.717) is 36.9 Å². The molecule has 0 bridgehead atoms. The van der Waals surface area contributed by atoms with Crippen molar-refractivity contribution < 1.29 is 18.7 Å². The molecule has 1 saturated heterocycles. The maximum absolute atomic E-state index is 13.4. The highest BCUT2D eigenvalue weighted by Gasteiger charge is 2.29. The highest BCUT2D eigenvalue weighted by atomic mass is 19.1. The van der Waals surface area contributed by atoms with Gasteiger partial charge in [0.05, 0.1) is 18.8 Å². The standard InChI is InChI=1S/C20H24FN5O3/c1-25(2)20-23-11-15(13-3-5-14(21)6-4-13)19(24-20)16-12-26(9-10-29-16)18(28)8-7-17(22)27/h3-6,11,16H,7-10,12H2,1-2H3,(H2,22,27)/t16-/m1/s1. The minimum Gasteiger partial charge on any atom is -0.370 e. The molecule has 154 valence electrons. The van der Waals surface area contributed by atoms with E-state index in [0.717, 1.165) is 5.56 Å². The Balaban J connectivity index is 1.90. The second kappa shape index (κ2) is 8.95. The van der Waals surface area contributed by atoms with Crippen LogP contribution in [0.5, 0.6) is 0 Å². The molecule has 0 saturated carbocycles. The van der Waals surface area contributed by atoms with Crippen LogP contribution in [-0.4, -0.2) is 60.5 Å². The molecular weight excluding hydrogens is 377 g/mol. The molecule has 9 heteroatoms. The summed E-state index contributed by atoms with van der Waals surface area (Å²) >= 11 is 0. The fraction of sp³-hybridized carbons (Fsp3) is 0.400. The molecule has 1 aliphatic rings. The van der Waals surface area contributed by atoms with E-state index >= 15 is 0 Å². The predicted molar refractivity (Wildman–Crippen MR) is 105 cm³/mol. The minimum absolute atomic E-state index is 0.0139. The van der Waals surface area contributed by atoms with E-state index in [1.165, 1.54) is 12.1 Å². The maximum Gasteiger partial charge on any atom is 0.225 e. The van der Waals surface area contributed by atoms with Crippen LogP contribution >= 0.6 is 0 Å². The smallest absolute Gasteiger partial charge is 0.225 e. The number of aromatic nitrogens is 2. The summed E-state index contributed by atoms with van der Waals surface area (Å²) < 4.78 is 19.3. The number of nitrogens with zero attached hydrogens (tertiary/aromatic N) is 4. The first-order chi connectivity index (χ1) is 13.8. The van der Waals surface area contributed by atoms with Crippen molar-refractivity contribution in [2.75, 3.05) is 38.7 Å². The van der Waals surface area contributed by atoms with Gasteiger partial charge < -0.3 is 20.3 Å². The third-order valence-corrected chi connectivity index (χ3v) is 4.67. The van der Waals surface area contributed by atoms with Crippen LogP contribution in [0, 0.1) is 5.82 Å². The molecule has 0 spiro atoms. The van der Waals surface area contributed by atoms with E-state index in [4.69, 9.17) is 10.5 Å². The molecule has 0 unspecified atom stereocenters. The number of carbonyl (C=O) groups excluding carboxylic acids is 2. The first-order valence-electron chi connectivity index (χ1n) is 9.33. The van der Waals surface area contributed by atoms with Crippen molar-refractivity contribution in [3.8, 4) is 11.1 Å². The lowest BCUT2D eigenvalue weighted by atomic mass is 10.0. The Bertz CT molecular complexity index is 888. The number of hydrogen-bond donors (Lipinski definition) is 1. The van der Waals surface area contributed by atoms with Gasteiger partial charge in [0.2, 0.25) is 17.8 Å². The van der Waals surface area contributed by atoms with Crippen LogP contribution in [0.1, 0.15) is 24.6 Å². The molecule has 2 amide bonds. The molecule has 0 radical (unpaired) electrons. The number of anilines is 1. The SMILES string of the molecule is CN(C)c1ncc(-c2ccc(F)cc2)c([C@H]2CN(C(=O)CCC(N)=O)CCO2)n1. The Morgan fingerprint density at radius 3 is 2.66 bits per heavy atom. The Kier molecular flexibility index (Phi) is 6.38. The monoisotopic (exact) mass is 401 g/mol. The van der Waals surface area contributed by atoms with Crippen LogP contribution in [0.2, 0.25) is 0 Å². The van der Waals surface area contributed by atoms with Crippen molar-refractivity contribution >= 4 is 17.8 Å². The number of hydrogen-bond acceptors (Lipinski definition) is 6. The third-order valence-electron chi connectivity index (χ3n) is 4.67. The molecule has 29 heavy (non-hydrogen) atoms. The van der Waals surface area contributed by atoms with Gasteiger partial charge in [0, 0.05) is 45.2 Å². The van der Waals surface area contributed by atoms with Crippen LogP contribution in [-0.2, 0) is 14.3 Å². The summed E-state index contributed by atoms with van der Waals surface area (Å²) in [5.41, 5.74) is 7.25. The lowest BCUT2D eigenvalue weighted by molar-refractivity contribution is -0.140. The Labute approximate surface area is 168 Å². The van der Waals surface area contributed by atoms with Crippen molar-refractivity contribution in [1.29, 1.82) is 0 Å². The summed E-state index contributed by atoms with van der Waals surface area (Å²) in [7, 11) is 3.66. The zero-order chi connectivity index (χ0) is 21.0. The molecule has 2 aromatic rings. The van der Waals surface area contributed by atoms with Gasteiger partial charge >= 0.3 is 0 Å². The van der Waals surface area contributed by atoms with Gasteiger partial charge in [-0.2, -0.15) is 0 Å². The van der Waals surface area contributed by atoms with Crippen LogP contribution in [0.15, 0.2) is 30.5 Å². The topological polar surface area (TPSA) is 102 Å². The molecule has 0 aliphatic carbocycles. The van der Waals surface area contributed by atoms with E-state index in [2.05, 4.69) is 9.97 Å². The molecule has 1 aliphatic heterocycles. The van der Waals surface area contributed by atoms with Gasteiger partial charge in [-0.05, 0) is 17.7 Å². The molecule has 1 fully saturated rings. The molecule has 2 N–H and O–H groups in total. The van der Waals surface area contributed by atoms with E-state index < -0.39 is 12.0 Å². The second-order valence-corrected chi connectivity index (χ2v) is 7.04. The molecule has 1 atom stereocenters.